The highest BCUT2D eigenvalue weighted by Crippen LogP contribution is 2.42. The first kappa shape index (κ1) is 33.2. The van der Waals surface area contributed by atoms with Gasteiger partial charge in [0.1, 0.15) is 0 Å². The van der Waals surface area contributed by atoms with Gasteiger partial charge < -0.3 is 35.2 Å². The summed E-state index contributed by atoms with van der Waals surface area (Å²) in [6.45, 7) is 3.28. The summed E-state index contributed by atoms with van der Waals surface area (Å²) in [6.07, 6.45) is 6.70. The largest absolute Gasteiger partial charge is 0.492 e. The molecule has 3 N–H and O–H groups in total. The average molecular weight is 634 g/mol. The summed E-state index contributed by atoms with van der Waals surface area (Å²) in [7, 11) is 1.50. The van der Waals surface area contributed by atoms with Crippen LogP contribution in [0.3, 0.4) is 0 Å². The zero-order valence-corrected chi connectivity index (χ0v) is 27.0. The molecule has 2 aliphatic heterocycles. The molecular formula is C35H47N5O6. The molecule has 0 spiro atoms. The Labute approximate surface area is 271 Å². The fourth-order valence-corrected chi connectivity index (χ4v) is 6.77. The lowest BCUT2D eigenvalue weighted by Crippen LogP contribution is -2.53. The minimum Gasteiger partial charge on any atom is -0.492 e. The van der Waals surface area contributed by atoms with Crippen LogP contribution in [0, 0.1) is 0 Å². The molecule has 248 valence electrons. The second-order valence-electron chi connectivity index (χ2n) is 12.5. The molecule has 2 heterocycles. The number of aliphatic hydroxyl groups excluding tert-OH is 1. The summed E-state index contributed by atoms with van der Waals surface area (Å²) < 4.78 is 5.76. The summed E-state index contributed by atoms with van der Waals surface area (Å²) >= 11 is 0. The molecule has 1 aliphatic carbocycles. The average Bonchev–Trinajstić information content (AvgIpc) is 3.70. The Morgan fingerprint density at radius 1 is 0.957 bits per heavy atom. The molecule has 3 aliphatic rings. The van der Waals surface area contributed by atoms with Gasteiger partial charge in [-0.05, 0) is 56.7 Å². The lowest BCUT2D eigenvalue weighted by Gasteiger charge is -2.32. The van der Waals surface area contributed by atoms with E-state index in [0.717, 1.165) is 31.2 Å². The van der Waals surface area contributed by atoms with Crippen molar-refractivity contribution in [2.24, 2.45) is 0 Å². The number of ether oxygens (including phenoxy) is 1. The van der Waals surface area contributed by atoms with Crippen molar-refractivity contribution in [3.05, 3.63) is 53.6 Å². The smallest absolute Gasteiger partial charge is 0.317 e. The molecule has 46 heavy (non-hydrogen) atoms. The Morgan fingerprint density at radius 3 is 2.09 bits per heavy atom. The van der Waals surface area contributed by atoms with Gasteiger partial charge in [-0.1, -0.05) is 49.6 Å². The van der Waals surface area contributed by atoms with Gasteiger partial charge >= 0.3 is 6.03 Å². The molecule has 5 amide bonds. The predicted octanol–water partition coefficient (Wildman–Crippen LogP) is 4.02. The van der Waals surface area contributed by atoms with Crippen molar-refractivity contribution in [3.8, 4) is 5.75 Å². The summed E-state index contributed by atoms with van der Waals surface area (Å²) in [4.78, 5) is 57.7. The SMILES string of the molecule is CCN(CC(O)C(Cc1ccccc1)NC(=O)c1cc(N2CCCC2=O)c(OC)c(N2CCCC2=O)c1)C(=O)NC1CCCCC1. The van der Waals surface area contributed by atoms with E-state index in [1.807, 2.05) is 37.3 Å². The molecule has 0 bridgehead atoms. The molecule has 0 radical (unpaired) electrons. The van der Waals surface area contributed by atoms with E-state index < -0.39 is 18.1 Å². The molecule has 2 atom stereocenters. The number of urea groups is 1. The van der Waals surface area contributed by atoms with E-state index in [1.54, 1.807) is 26.8 Å². The second-order valence-corrected chi connectivity index (χ2v) is 12.5. The molecule has 11 heteroatoms. The molecule has 5 rings (SSSR count). The van der Waals surface area contributed by atoms with E-state index in [1.165, 1.54) is 13.5 Å². The molecular weight excluding hydrogens is 586 g/mol. The number of methoxy groups -OCH3 is 1. The van der Waals surface area contributed by atoms with Gasteiger partial charge in [-0.25, -0.2) is 4.79 Å². The third kappa shape index (κ3) is 7.81. The van der Waals surface area contributed by atoms with Crippen LogP contribution in [-0.4, -0.2) is 85.2 Å². The topological polar surface area (TPSA) is 132 Å². The monoisotopic (exact) mass is 633 g/mol. The van der Waals surface area contributed by atoms with Crippen molar-refractivity contribution in [1.82, 2.24) is 15.5 Å². The Morgan fingerprint density at radius 2 is 1.57 bits per heavy atom. The van der Waals surface area contributed by atoms with Crippen LogP contribution in [-0.2, 0) is 16.0 Å². The first-order chi connectivity index (χ1) is 22.3. The van der Waals surface area contributed by atoms with Gasteiger partial charge in [0.05, 0.1) is 37.2 Å². The maximum atomic E-state index is 14.0. The molecule has 1 saturated carbocycles. The summed E-state index contributed by atoms with van der Waals surface area (Å²) in [5, 5.41) is 17.7. The first-order valence-electron chi connectivity index (χ1n) is 16.7. The lowest BCUT2D eigenvalue weighted by molar-refractivity contribution is -0.117. The Balaban J connectivity index is 1.41. The van der Waals surface area contributed by atoms with Gasteiger partial charge in [-0.15, -0.1) is 0 Å². The van der Waals surface area contributed by atoms with E-state index in [2.05, 4.69) is 10.6 Å². The standard InChI is InChI=1S/C35H47N5O6/c1-3-38(35(45)36-26-14-8-5-9-15-26)23-30(41)27(20-24-12-6-4-7-13-24)37-34(44)25-21-28(39-18-10-16-31(39)42)33(46-2)29(22-25)40-19-11-17-32(40)43/h4,6-7,12-13,21-22,26-27,30,41H,3,5,8-11,14-20,23H2,1-2H3,(H,36,45)(H,37,44). The number of carbonyl (C=O) groups is 4. The van der Waals surface area contributed by atoms with Gasteiger partial charge in [0.15, 0.2) is 5.75 Å². The molecule has 3 fully saturated rings. The van der Waals surface area contributed by atoms with E-state index in [-0.39, 0.29) is 36.0 Å². The maximum absolute atomic E-state index is 14.0. The number of hydrogen-bond acceptors (Lipinski definition) is 6. The van der Waals surface area contributed by atoms with Crippen LogP contribution in [0.1, 0.15) is 80.6 Å². The molecule has 11 nitrogen and oxygen atoms in total. The lowest BCUT2D eigenvalue weighted by atomic mass is 9.96. The van der Waals surface area contributed by atoms with Crippen molar-refractivity contribution in [1.29, 1.82) is 0 Å². The van der Waals surface area contributed by atoms with Crippen molar-refractivity contribution in [3.63, 3.8) is 0 Å². The normalized spacial score (nSPS) is 18.4. The minimum absolute atomic E-state index is 0.0382. The van der Waals surface area contributed by atoms with E-state index in [0.29, 0.717) is 68.9 Å². The number of anilines is 2. The second kappa shape index (κ2) is 15.4. The minimum atomic E-state index is -1.07. The van der Waals surface area contributed by atoms with E-state index in [4.69, 9.17) is 4.74 Å². The highest BCUT2D eigenvalue weighted by atomic mass is 16.5. The fraction of sp³-hybridized carbons (Fsp3) is 0.543. The molecule has 0 aromatic heterocycles. The van der Waals surface area contributed by atoms with Crippen LogP contribution in [0.5, 0.6) is 5.75 Å². The van der Waals surface area contributed by atoms with Gasteiger partial charge in [0.25, 0.3) is 5.91 Å². The van der Waals surface area contributed by atoms with Gasteiger partial charge in [0, 0.05) is 44.1 Å². The highest BCUT2D eigenvalue weighted by molar-refractivity contribution is 6.05. The molecule has 2 aromatic carbocycles. The Bertz CT molecular complexity index is 1350. The summed E-state index contributed by atoms with van der Waals surface area (Å²) in [6, 6.07) is 12.0. The van der Waals surface area contributed by atoms with Crippen molar-refractivity contribution < 1.29 is 29.0 Å². The predicted molar refractivity (Wildman–Crippen MR) is 176 cm³/mol. The summed E-state index contributed by atoms with van der Waals surface area (Å²) in [5.41, 5.74) is 2.06. The van der Waals surface area contributed by atoms with E-state index >= 15 is 0 Å². The molecule has 2 unspecified atom stereocenters. The number of nitrogens with zero attached hydrogens (tertiary/aromatic N) is 3. The maximum Gasteiger partial charge on any atom is 0.317 e. The number of amides is 5. The first-order valence-corrected chi connectivity index (χ1v) is 16.7. The Hall–Kier alpha value is -4.12. The number of nitrogens with one attached hydrogen (secondary N) is 2. The van der Waals surface area contributed by atoms with Crippen LogP contribution < -0.4 is 25.2 Å². The number of carbonyl (C=O) groups excluding carboxylic acids is 4. The fourth-order valence-electron chi connectivity index (χ4n) is 6.77. The van der Waals surface area contributed by atoms with Gasteiger partial charge in [-0.2, -0.15) is 0 Å². The highest BCUT2D eigenvalue weighted by Gasteiger charge is 2.33. The van der Waals surface area contributed by atoms with Crippen molar-refractivity contribution in [2.75, 3.05) is 43.1 Å². The quantitative estimate of drug-likeness (QED) is 0.324. The van der Waals surface area contributed by atoms with E-state index in [9.17, 15) is 24.3 Å². The number of aliphatic hydroxyl groups is 1. The molecule has 2 aromatic rings. The number of likely N-dealkylation sites (N-methyl/N-ethyl adjacent to an activating group) is 1. The van der Waals surface area contributed by atoms with Crippen LogP contribution in [0.15, 0.2) is 42.5 Å². The van der Waals surface area contributed by atoms with Gasteiger partial charge in [0.2, 0.25) is 11.8 Å². The zero-order chi connectivity index (χ0) is 32.6. The molecule has 2 saturated heterocycles. The van der Waals surface area contributed by atoms with Gasteiger partial charge in [-0.3, -0.25) is 14.4 Å². The van der Waals surface area contributed by atoms with Crippen LogP contribution in [0.2, 0.25) is 0 Å². The number of hydrogen-bond donors (Lipinski definition) is 3. The summed E-state index contributed by atoms with van der Waals surface area (Å²) in [5.74, 6) is -0.222. The third-order valence-corrected chi connectivity index (χ3v) is 9.33. The third-order valence-electron chi connectivity index (χ3n) is 9.33. The van der Waals surface area contributed by atoms with Crippen LogP contribution >= 0.6 is 0 Å². The zero-order valence-electron chi connectivity index (χ0n) is 27.0. The Kier molecular flexibility index (Phi) is 11.2. The van der Waals surface area contributed by atoms with Crippen molar-refractivity contribution >= 4 is 35.1 Å². The van der Waals surface area contributed by atoms with Crippen molar-refractivity contribution in [2.45, 2.75) is 89.3 Å². The van der Waals surface area contributed by atoms with Crippen LogP contribution in [0.4, 0.5) is 16.2 Å². The van der Waals surface area contributed by atoms with Crippen LogP contribution in [0.25, 0.3) is 0 Å². The number of benzene rings is 2. The number of rotatable bonds is 12.